The molecular formula is C13H25N3. The highest BCUT2D eigenvalue weighted by atomic mass is 15.2. The summed E-state index contributed by atoms with van der Waals surface area (Å²) in [4.78, 5) is 2.62. The molecule has 3 rings (SSSR count). The highest BCUT2D eigenvalue weighted by Gasteiger charge is 2.43. The second-order valence-corrected chi connectivity index (χ2v) is 6.17. The third kappa shape index (κ3) is 1.69. The van der Waals surface area contributed by atoms with Crippen LogP contribution in [0.1, 0.15) is 44.9 Å². The molecule has 3 fully saturated rings. The lowest BCUT2D eigenvalue weighted by atomic mass is 9.71. The Kier molecular flexibility index (Phi) is 2.94. The van der Waals surface area contributed by atoms with Crippen LogP contribution in [0.2, 0.25) is 0 Å². The van der Waals surface area contributed by atoms with Gasteiger partial charge in [-0.2, -0.15) is 0 Å². The van der Waals surface area contributed by atoms with Gasteiger partial charge in [-0.25, -0.2) is 0 Å². The minimum Gasteiger partial charge on any atom is -0.300 e. The highest BCUT2D eigenvalue weighted by molar-refractivity contribution is 4.98. The molecule has 3 nitrogen and oxygen atoms in total. The molecule has 0 aromatic rings. The number of hydrazine groups is 1. The van der Waals surface area contributed by atoms with E-state index in [0.29, 0.717) is 6.04 Å². The van der Waals surface area contributed by atoms with Gasteiger partial charge in [0, 0.05) is 18.1 Å². The number of nitrogens with one attached hydrogen (secondary N) is 1. The predicted molar refractivity (Wildman–Crippen MR) is 65.7 cm³/mol. The molecule has 3 aliphatic rings. The molecule has 2 bridgehead atoms. The summed E-state index contributed by atoms with van der Waals surface area (Å²) in [6.07, 6.45) is 9.80. The van der Waals surface area contributed by atoms with Crippen molar-refractivity contribution in [2.45, 2.75) is 63.1 Å². The molecule has 1 saturated carbocycles. The first kappa shape index (κ1) is 11.0. The molecule has 3 heteroatoms. The Hall–Kier alpha value is -0.120. The van der Waals surface area contributed by atoms with Gasteiger partial charge in [0.2, 0.25) is 0 Å². The first-order valence-electron chi connectivity index (χ1n) is 6.97. The van der Waals surface area contributed by atoms with Crippen molar-refractivity contribution in [2.75, 3.05) is 7.05 Å². The second-order valence-electron chi connectivity index (χ2n) is 6.17. The Morgan fingerprint density at radius 3 is 2.12 bits per heavy atom. The van der Waals surface area contributed by atoms with E-state index in [9.17, 15) is 0 Å². The van der Waals surface area contributed by atoms with Crippen LogP contribution < -0.4 is 11.3 Å². The van der Waals surface area contributed by atoms with Crippen LogP contribution in [0.3, 0.4) is 0 Å². The Labute approximate surface area is 98.7 Å². The van der Waals surface area contributed by atoms with Crippen molar-refractivity contribution < 1.29 is 0 Å². The number of nitrogens with two attached hydrogens (primary N) is 1. The number of nitrogens with zero attached hydrogens (tertiary/aromatic N) is 1. The molecule has 2 heterocycles. The normalized spacial score (nSPS) is 42.0. The average molecular weight is 223 g/mol. The van der Waals surface area contributed by atoms with E-state index in [4.69, 9.17) is 5.84 Å². The summed E-state index contributed by atoms with van der Waals surface area (Å²) in [6, 6.07) is 2.30. The quantitative estimate of drug-likeness (QED) is 0.562. The van der Waals surface area contributed by atoms with E-state index in [-0.39, 0.29) is 0 Å². The molecule has 0 spiro atoms. The monoisotopic (exact) mass is 223 g/mol. The molecule has 92 valence electrons. The first-order valence-corrected chi connectivity index (χ1v) is 6.97. The zero-order valence-electron chi connectivity index (χ0n) is 10.4. The van der Waals surface area contributed by atoms with Crippen LogP contribution in [0, 0.1) is 11.8 Å². The summed E-state index contributed by atoms with van der Waals surface area (Å²) in [7, 11) is 2.31. The summed E-state index contributed by atoms with van der Waals surface area (Å²) >= 11 is 0. The number of rotatable bonds is 3. The maximum Gasteiger partial charge on any atom is 0.0268 e. The summed E-state index contributed by atoms with van der Waals surface area (Å²) in [5, 5.41) is 0. The molecule has 0 amide bonds. The van der Waals surface area contributed by atoms with Crippen LogP contribution in [0.15, 0.2) is 0 Å². The van der Waals surface area contributed by atoms with E-state index in [1.54, 1.807) is 0 Å². The molecule has 0 aromatic heterocycles. The fraction of sp³-hybridized carbons (Fsp3) is 1.00. The van der Waals surface area contributed by atoms with Gasteiger partial charge in [0.15, 0.2) is 0 Å². The minimum atomic E-state index is 0.602. The first-order chi connectivity index (χ1) is 7.79. The summed E-state index contributed by atoms with van der Waals surface area (Å²) in [5.41, 5.74) is 3.14. The van der Waals surface area contributed by atoms with Crippen molar-refractivity contribution >= 4 is 0 Å². The van der Waals surface area contributed by atoms with Gasteiger partial charge >= 0.3 is 0 Å². The fourth-order valence-corrected chi connectivity index (χ4v) is 4.20. The third-order valence-electron chi connectivity index (χ3n) is 5.49. The van der Waals surface area contributed by atoms with Crippen LogP contribution in [0.25, 0.3) is 0 Å². The van der Waals surface area contributed by atoms with Crippen molar-refractivity contribution in [2.24, 2.45) is 17.7 Å². The van der Waals surface area contributed by atoms with Gasteiger partial charge in [-0.1, -0.05) is 6.42 Å². The number of fused-ring (bicyclic) bond motifs is 2. The van der Waals surface area contributed by atoms with E-state index in [2.05, 4.69) is 17.4 Å². The second kappa shape index (κ2) is 4.28. The molecular weight excluding hydrogens is 198 g/mol. The maximum atomic E-state index is 5.80. The Bertz CT molecular complexity index is 238. The zero-order valence-corrected chi connectivity index (χ0v) is 10.4. The van der Waals surface area contributed by atoms with E-state index < -0.39 is 0 Å². The molecule has 3 N–H and O–H groups in total. The molecule has 3 unspecified atom stereocenters. The third-order valence-corrected chi connectivity index (χ3v) is 5.49. The minimum absolute atomic E-state index is 0.602. The standard InChI is InChI=1S/C13H25N3/c1-16-11-5-6-12(16)8-10(7-11)13(15-14)9-3-2-4-9/h9-13,15H,2-8,14H2,1H3. The van der Waals surface area contributed by atoms with Crippen molar-refractivity contribution in [1.82, 2.24) is 10.3 Å². The van der Waals surface area contributed by atoms with E-state index in [1.165, 1.54) is 44.9 Å². The Morgan fingerprint density at radius 2 is 1.69 bits per heavy atom. The number of piperidine rings is 1. The number of hydrogen-bond donors (Lipinski definition) is 2. The SMILES string of the molecule is CN1C2CCC1CC(C(NN)C1CCC1)C2. The van der Waals surface area contributed by atoms with Gasteiger partial charge in [-0.3, -0.25) is 11.3 Å². The van der Waals surface area contributed by atoms with Crippen LogP contribution >= 0.6 is 0 Å². The van der Waals surface area contributed by atoms with Crippen molar-refractivity contribution in [3.8, 4) is 0 Å². The topological polar surface area (TPSA) is 41.3 Å². The van der Waals surface area contributed by atoms with Crippen LogP contribution in [-0.4, -0.2) is 30.1 Å². The summed E-state index contributed by atoms with van der Waals surface area (Å²) in [5.74, 6) is 7.51. The number of hydrogen-bond acceptors (Lipinski definition) is 3. The van der Waals surface area contributed by atoms with Gasteiger partial charge in [-0.15, -0.1) is 0 Å². The largest absolute Gasteiger partial charge is 0.300 e. The molecule has 2 saturated heterocycles. The van der Waals surface area contributed by atoms with Gasteiger partial charge in [0.1, 0.15) is 0 Å². The van der Waals surface area contributed by atoms with Gasteiger partial charge in [-0.05, 0) is 57.4 Å². The van der Waals surface area contributed by atoms with Crippen LogP contribution in [0.4, 0.5) is 0 Å². The highest BCUT2D eigenvalue weighted by Crippen LogP contribution is 2.42. The lowest BCUT2D eigenvalue weighted by molar-refractivity contribution is 0.0767. The Balaban J connectivity index is 1.66. The van der Waals surface area contributed by atoms with E-state index >= 15 is 0 Å². The summed E-state index contributed by atoms with van der Waals surface area (Å²) in [6.45, 7) is 0. The van der Waals surface area contributed by atoms with Gasteiger partial charge < -0.3 is 4.90 Å². The predicted octanol–water partition coefficient (Wildman–Crippen LogP) is 1.49. The molecule has 0 aromatic carbocycles. The molecule has 2 aliphatic heterocycles. The van der Waals surface area contributed by atoms with E-state index in [1.807, 2.05) is 0 Å². The molecule has 0 radical (unpaired) electrons. The maximum absolute atomic E-state index is 5.80. The van der Waals surface area contributed by atoms with E-state index in [0.717, 1.165) is 23.9 Å². The fourth-order valence-electron chi connectivity index (χ4n) is 4.20. The van der Waals surface area contributed by atoms with Crippen LogP contribution in [0.5, 0.6) is 0 Å². The summed E-state index contributed by atoms with van der Waals surface area (Å²) < 4.78 is 0. The van der Waals surface area contributed by atoms with Crippen molar-refractivity contribution in [1.29, 1.82) is 0 Å². The van der Waals surface area contributed by atoms with Crippen molar-refractivity contribution in [3.63, 3.8) is 0 Å². The molecule has 16 heavy (non-hydrogen) atoms. The van der Waals surface area contributed by atoms with Gasteiger partial charge in [0.25, 0.3) is 0 Å². The lowest BCUT2D eigenvalue weighted by Crippen LogP contribution is -2.53. The lowest BCUT2D eigenvalue weighted by Gasteiger charge is -2.44. The zero-order chi connectivity index (χ0) is 11.1. The van der Waals surface area contributed by atoms with Crippen molar-refractivity contribution in [3.05, 3.63) is 0 Å². The molecule has 3 atom stereocenters. The Morgan fingerprint density at radius 1 is 1.06 bits per heavy atom. The molecule has 1 aliphatic carbocycles. The smallest absolute Gasteiger partial charge is 0.0268 e. The average Bonchev–Trinajstić information content (AvgIpc) is 2.48. The van der Waals surface area contributed by atoms with Gasteiger partial charge in [0.05, 0.1) is 0 Å². The van der Waals surface area contributed by atoms with Crippen LogP contribution in [-0.2, 0) is 0 Å².